The molecule has 0 saturated carbocycles. The molecule has 0 saturated heterocycles. The highest BCUT2D eigenvalue weighted by Crippen LogP contribution is 2.41. The standard InChI is InChI=1S/C31H22N4O4S2/c1-34-25-20-12-11-19-24(25)32-29(34)27(37)28(41(38,39)23-17-9-4-10-18-23)31-35(22-15-7-3-8-16-22)33-30(40-31)26(36)21-13-5-2-6-14-21/h2-20H,1H3/b31-28+. The molecule has 0 amide bonds. The van der Waals surface area contributed by atoms with Gasteiger partial charge in [-0.1, -0.05) is 78.9 Å². The van der Waals surface area contributed by atoms with Crippen molar-refractivity contribution in [2.24, 2.45) is 12.1 Å². The van der Waals surface area contributed by atoms with Crippen LogP contribution in [0.2, 0.25) is 0 Å². The van der Waals surface area contributed by atoms with Crippen LogP contribution in [0.15, 0.2) is 135 Å². The third kappa shape index (κ3) is 4.77. The fraction of sp³-hybridized carbons (Fsp3) is 0.0323. The maximum absolute atomic E-state index is 14.4. The Labute approximate surface area is 240 Å². The minimum Gasteiger partial charge on any atom is -0.324 e. The number of allylic oxidation sites excluding steroid dienone is 1. The van der Waals surface area contributed by atoms with Crippen LogP contribution in [0, 0.1) is 0 Å². The number of hydrogen-bond acceptors (Lipinski definition) is 8. The van der Waals surface area contributed by atoms with Gasteiger partial charge in [0.05, 0.1) is 21.6 Å². The van der Waals surface area contributed by atoms with E-state index in [0.717, 1.165) is 11.8 Å². The first-order chi connectivity index (χ1) is 19.9. The molecule has 0 aliphatic carbocycles. The number of anilines is 1. The molecule has 0 atom stereocenters. The molecule has 1 aliphatic heterocycles. The number of carbonyl (C=O) groups excluding carboxylic acids is 2. The van der Waals surface area contributed by atoms with Gasteiger partial charge in [0.1, 0.15) is 5.03 Å². The highest BCUT2D eigenvalue weighted by Gasteiger charge is 2.40. The second-order valence-corrected chi connectivity index (χ2v) is 12.0. The van der Waals surface area contributed by atoms with Crippen LogP contribution in [-0.2, 0) is 16.9 Å². The van der Waals surface area contributed by atoms with E-state index in [-0.39, 0.29) is 20.8 Å². The number of imidazole rings is 1. The van der Waals surface area contributed by atoms with Crippen LogP contribution in [0.5, 0.6) is 0 Å². The van der Waals surface area contributed by atoms with Crippen molar-refractivity contribution in [3.8, 4) is 0 Å². The van der Waals surface area contributed by atoms with Crippen LogP contribution in [0.3, 0.4) is 0 Å². The smallest absolute Gasteiger partial charge is 0.243 e. The predicted molar refractivity (Wildman–Crippen MR) is 160 cm³/mol. The van der Waals surface area contributed by atoms with Crippen molar-refractivity contribution in [1.29, 1.82) is 0 Å². The lowest BCUT2D eigenvalue weighted by Crippen LogP contribution is -2.23. The number of hydrogen-bond donors (Lipinski definition) is 0. The Bertz CT molecular complexity index is 1970. The SMILES string of the molecule is Cn1c(C(=O)/C(=C2\SC(C(=O)c3ccccc3)=NN2c2ccccc2)S(=O)(=O)c2ccccc2)nc2ccccc21. The predicted octanol–water partition coefficient (Wildman–Crippen LogP) is 5.85. The number of carbonyl (C=O) groups is 2. The fourth-order valence-corrected chi connectivity index (χ4v) is 7.28. The van der Waals surface area contributed by atoms with Gasteiger partial charge in [-0.05, 0) is 48.2 Å². The van der Waals surface area contributed by atoms with Crippen molar-refractivity contribution in [3.63, 3.8) is 0 Å². The van der Waals surface area contributed by atoms with Gasteiger partial charge in [-0.2, -0.15) is 5.10 Å². The van der Waals surface area contributed by atoms with Crippen LogP contribution >= 0.6 is 11.8 Å². The van der Waals surface area contributed by atoms with Crippen molar-refractivity contribution in [2.75, 3.05) is 5.01 Å². The second kappa shape index (κ2) is 10.6. The lowest BCUT2D eigenvalue weighted by atomic mass is 10.1. The lowest BCUT2D eigenvalue weighted by molar-refractivity contribution is 0.102. The summed E-state index contributed by atoms with van der Waals surface area (Å²) in [5.41, 5.74) is 2.11. The molecule has 1 aliphatic rings. The Morgan fingerprint density at radius 1 is 0.756 bits per heavy atom. The largest absolute Gasteiger partial charge is 0.324 e. The van der Waals surface area contributed by atoms with Crippen molar-refractivity contribution in [3.05, 3.63) is 137 Å². The minimum absolute atomic E-state index is 0.00334. The highest BCUT2D eigenvalue weighted by atomic mass is 32.2. The average Bonchev–Trinajstić information content (AvgIpc) is 3.60. The van der Waals surface area contributed by atoms with E-state index in [1.54, 1.807) is 103 Å². The van der Waals surface area contributed by atoms with Gasteiger partial charge in [0.2, 0.25) is 21.4 Å². The molecule has 8 nitrogen and oxygen atoms in total. The number of aryl methyl sites for hydroxylation is 1. The number of hydrazone groups is 1. The number of para-hydroxylation sites is 3. The maximum Gasteiger partial charge on any atom is 0.243 e. The first-order valence-corrected chi connectivity index (χ1v) is 14.9. The third-order valence-corrected chi connectivity index (χ3v) is 9.49. The van der Waals surface area contributed by atoms with Crippen molar-refractivity contribution in [2.45, 2.75) is 4.90 Å². The summed E-state index contributed by atoms with van der Waals surface area (Å²) in [7, 11) is -2.75. The van der Waals surface area contributed by atoms with E-state index in [2.05, 4.69) is 10.1 Å². The summed E-state index contributed by atoms with van der Waals surface area (Å²) in [4.78, 5) is 31.8. The average molecular weight is 579 g/mol. The van der Waals surface area contributed by atoms with E-state index in [0.29, 0.717) is 22.3 Å². The number of thioether (sulfide) groups is 1. The first kappa shape index (κ1) is 26.4. The van der Waals surface area contributed by atoms with E-state index in [4.69, 9.17) is 0 Å². The first-order valence-electron chi connectivity index (χ1n) is 12.6. The van der Waals surface area contributed by atoms with E-state index in [1.807, 2.05) is 12.1 Å². The Kier molecular flexibility index (Phi) is 6.86. The molecule has 0 unspecified atom stereocenters. The highest BCUT2D eigenvalue weighted by molar-refractivity contribution is 8.20. The summed E-state index contributed by atoms with van der Waals surface area (Å²) in [5.74, 6) is -1.25. The molecule has 41 heavy (non-hydrogen) atoms. The van der Waals surface area contributed by atoms with Crippen LogP contribution in [0.4, 0.5) is 5.69 Å². The number of Topliss-reactive ketones (excluding diaryl/α,β-unsaturated/α-hetero) is 2. The quantitative estimate of drug-likeness (QED) is 0.176. The van der Waals surface area contributed by atoms with Crippen molar-refractivity contribution < 1.29 is 18.0 Å². The normalized spacial score (nSPS) is 14.7. The van der Waals surface area contributed by atoms with Crippen LogP contribution in [0.1, 0.15) is 21.0 Å². The molecule has 202 valence electrons. The zero-order valence-corrected chi connectivity index (χ0v) is 23.3. The molecular formula is C31H22N4O4S2. The molecular weight excluding hydrogens is 556 g/mol. The lowest BCUT2D eigenvalue weighted by Gasteiger charge is -2.19. The molecule has 0 bridgehead atoms. The van der Waals surface area contributed by atoms with Gasteiger partial charge in [0.15, 0.2) is 15.8 Å². The van der Waals surface area contributed by atoms with Gasteiger partial charge < -0.3 is 4.57 Å². The Morgan fingerprint density at radius 2 is 1.34 bits per heavy atom. The number of aromatic nitrogens is 2. The number of sulfone groups is 1. The minimum atomic E-state index is -4.41. The molecule has 2 heterocycles. The summed E-state index contributed by atoms with van der Waals surface area (Å²) < 4.78 is 30.2. The van der Waals surface area contributed by atoms with E-state index in [1.165, 1.54) is 17.1 Å². The van der Waals surface area contributed by atoms with E-state index >= 15 is 0 Å². The number of fused-ring (bicyclic) bond motifs is 1. The van der Waals surface area contributed by atoms with Gasteiger partial charge in [0, 0.05) is 12.6 Å². The number of rotatable bonds is 7. The van der Waals surface area contributed by atoms with Gasteiger partial charge in [-0.25, -0.2) is 18.4 Å². The molecule has 1 aromatic heterocycles. The maximum atomic E-state index is 14.4. The Hall–Kier alpha value is -4.80. The Balaban J connectivity index is 1.60. The van der Waals surface area contributed by atoms with Crippen molar-refractivity contribution >= 4 is 54.9 Å². The van der Waals surface area contributed by atoms with Crippen molar-refractivity contribution in [1.82, 2.24) is 9.55 Å². The second-order valence-electron chi connectivity index (χ2n) is 9.11. The van der Waals surface area contributed by atoms with Gasteiger partial charge >= 0.3 is 0 Å². The molecule has 5 aromatic rings. The van der Waals surface area contributed by atoms with Crippen LogP contribution in [-0.4, -0.2) is 34.6 Å². The third-order valence-electron chi connectivity index (χ3n) is 6.52. The van der Waals surface area contributed by atoms with Crippen LogP contribution in [0.25, 0.3) is 11.0 Å². The van der Waals surface area contributed by atoms with Gasteiger partial charge in [-0.3, -0.25) is 9.59 Å². The zero-order valence-electron chi connectivity index (χ0n) is 21.7. The summed E-state index contributed by atoms with van der Waals surface area (Å²) >= 11 is 0.851. The topological polar surface area (TPSA) is 102 Å². The van der Waals surface area contributed by atoms with E-state index in [9.17, 15) is 18.0 Å². The van der Waals surface area contributed by atoms with Gasteiger partial charge in [0.25, 0.3) is 0 Å². The summed E-state index contributed by atoms with van der Waals surface area (Å²) in [5, 5.41) is 5.92. The Morgan fingerprint density at radius 3 is 2.00 bits per heavy atom. The fourth-order valence-electron chi connectivity index (χ4n) is 4.48. The van der Waals surface area contributed by atoms with Crippen LogP contribution < -0.4 is 5.01 Å². The molecule has 10 heteroatoms. The van der Waals surface area contributed by atoms with E-state index < -0.39 is 26.3 Å². The number of nitrogens with zero attached hydrogens (tertiary/aromatic N) is 4. The molecule has 0 fully saturated rings. The molecule has 0 spiro atoms. The monoisotopic (exact) mass is 578 g/mol. The summed E-state index contributed by atoms with van der Waals surface area (Å²) in [6, 6.07) is 32.3. The molecule has 0 radical (unpaired) electrons. The zero-order chi connectivity index (χ0) is 28.6. The number of benzene rings is 4. The number of ketones is 2. The summed E-state index contributed by atoms with van der Waals surface area (Å²) in [6.07, 6.45) is 0. The van der Waals surface area contributed by atoms with Gasteiger partial charge in [-0.15, -0.1) is 0 Å². The molecule has 4 aromatic carbocycles. The molecule has 6 rings (SSSR count). The molecule has 0 N–H and O–H groups in total. The summed E-state index contributed by atoms with van der Waals surface area (Å²) in [6.45, 7) is 0.